The number of carbonyl (C=O) groups is 1. The molecule has 3 atom stereocenters. The van der Waals surface area contributed by atoms with Crippen molar-refractivity contribution < 1.29 is 46.9 Å². The quantitative estimate of drug-likeness (QED) is 0.204. The number of rotatable bonds is 10. The second kappa shape index (κ2) is 11.1. The van der Waals surface area contributed by atoms with Crippen LogP contribution in [-0.2, 0) is 10.3 Å². The Balaban J connectivity index is 1.55. The highest BCUT2D eigenvalue weighted by Crippen LogP contribution is 3.02. The van der Waals surface area contributed by atoms with E-state index in [0.29, 0.717) is 38.1 Å². The number of halogens is 8. The third-order valence-electron chi connectivity index (χ3n) is 7.42. The molecule has 42 heavy (non-hydrogen) atoms. The third kappa shape index (κ3) is 7.22. The van der Waals surface area contributed by atoms with E-state index in [4.69, 9.17) is 9.47 Å². The molecule has 2 aromatic rings. The molecule has 0 aromatic heterocycles. The van der Waals surface area contributed by atoms with Crippen LogP contribution >= 0.6 is 10.2 Å². The fourth-order valence-electron chi connectivity index (χ4n) is 5.20. The summed E-state index contributed by atoms with van der Waals surface area (Å²) in [4.78, 5) is 12.7. The Labute approximate surface area is 238 Å². The van der Waals surface area contributed by atoms with Gasteiger partial charge < -0.3 is 20.1 Å². The molecule has 15 heteroatoms. The van der Waals surface area contributed by atoms with Gasteiger partial charge in [-0.25, -0.2) is 4.79 Å². The van der Waals surface area contributed by atoms with Crippen LogP contribution in [0, 0.1) is 0 Å². The molecule has 0 spiro atoms. The first kappa shape index (κ1) is 32.1. The normalized spacial score (nSPS) is 25.1. The Morgan fingerprint density at radius 3 is 2.31 bits per heavy atom. The van der Waals surface area contributed by atoms with Crippen LogP contribution in [0.15, 0.2) is 53.4 Å². The number of amides is 2. The fourth-order valence-corrected chi connectivity index (χ4v) is 5.85. The lowest BCUT2D eigenvalue weighted by molar-refractivity contribution is -0.334. The summed E-state index contributed by atoms with van der Waals surface area (Å²) in [6.07, 6.45) is -2.19. The van der Waals surface area contributed by atoms with Gasteiger partial charge in [0.15, 0.2) is 11.8 Å². The maximum absolute atomic E-state index is 14.1. The fraction of sp³-hybridized carbons (Fsp3) is 0.519. The standard InChI is InChI=1S/C27H33F8N3O3S/c1-2-3-6-16-38-17-7-9-22(37-25(39)36-19-11-13-20(14-12-19)42(31,32,33,34)35)24(38)41-23-10-5-4-8-21(23)26(15-18-40-26)27(28,29)30/h4-5,8,10-14,22,24H,2-3,6-7,9,15-18H2,1H3,(H2,36,37,39). The van der Waals surface area contributed by atoms with Crippen molar-refractivity contribution in [3.63, 3.8) is 0 Å². The van der Waals surface area contributed by atoms with Gasteiger partial charge in [-0.05, 0) is 49.6 Å². The Hall–Kier alpha value is -2.78. The maximum atomic E-state index is 14.1. The summed E-state index contributed by atoms with van der Waals surface area (Å²) < 4.78 is 119. The number of urea groups is 1. The molecule has 2 aliphatic heterocycles. The summed E-state index contributed by atoms with van der Waals surface area (Å²) in [5.74, 6) is -0.0410. The molecule has 2 N–H and O–H groups in total. The van der Waals surface area contributed by atoms with E-state index >= 15 is 0 Å². The molecule has 4 rings (SSSR count). The number of alkyl halides is 3. The Morgan fingerprint density at radius 2 is 1.74 bits per heavy atom. The number of benzene rings is 2. The number of para-hydroxylation sites is 1. The lowest BCUT2D eigenvalue weighted by Crippen LogP contribution is -2.59. The van der Waals surface area contributed by atoms with Crippen molar-refractivity contribution >= 4 is 21.9 Å². The Morgan fingerprint density at radius 1 is 1.07 bits per heavy atom. The molecule has 3 unspecified atom stereocenters. The third-order valence-corrected chi connectivity index (χ3v) is 8.58. The van der Waals surface area contributed by atoms with Crippen molar-refractivity contribution in [2.45, 2.75) is 74.4 Å². The van der Waals surface area contributed by atoms with E-state index in [-0.39, 0.29) is 42.2 Å². The summed E-state index contributed by atoms with van der Waals surface area (Å²) in [5.41, 5.74) is -2.84. The topological polar surface area (TPSA) is 62.8 Å². The van der Waals surface area contributed by atoms with E-state index in [1.165, 1.54) is 24.3 Å². The summed E-state index contributed by atoms with van der Waals surface area (Å²) >= 11 is 0. The second-order valence-corrected chi connectivity index (χ2v) is 12.9. The molecule has 0 radical (unpaired) electrons. The smallest absolute Gasteiger partial charge is 0.421 e. The molecule has 0 aliphatic carbocycles. The minimum atomic E-state index is -9.87. The van der Waals surface area contributed by atoms with E-state index < -0.39 is 45.2 Å². The van der Waals surface area contributed by atoms with Gasteiger partial charge in [0, 0.05) is 30.8 Å². The molecule has 236 valence electrons. The molecule has 2 aromatic carbocycles. The first-order chi connectivity index (χ1) is 19.4. The number of likely N-dealkylation sites (tertiary alicyclic amines) is 1. The number of anilines is 1. The van der Waals surface area contributed by atoms with Gasteiger partial charge in [-0.2, -0.15) is 13.2 Å². The van der Waals surface area contributed by atoms with Crippen molar-refractivity contribution in [2.75, 3.05) is 25.0 Å². The molecule has 0 bridgehead atoms. The predicted octanol–water partition coefficient (Wildman–Crippen LogP) is 8.70. The molecule has 2 aliphatic rings. The number of unbranched alkanes of at least 4 members (excludes halogenated alkanes) is 2. The van der Waals surface area contributed by atoms with Crippen molar-refractivity contribution in [3.05, 3.63) is 54.1 Å². The van der Waals surface area contributed by atoms with E-state index in [1.807, 2.05) is 11.8 Å². The van der Waals surface area contributed by atoms with Crippen molar-refractivity contribution in [1.82, 2.24) is 10.2 Å². The van der Waals surface area contributed by atoms with Gasteiger partial charge in [-0.1, -0.05) is 57.4 Å². The second-order valence-electron chi connectivity index (χ2n) is 10.5. The lowest BCUT2D eigenvalue weighted by atomic mass is 9.85. The highest BCUT2D eigenvalue weighted by molar-refractivity contribution is 8.45. The molecule has 2 heterocycles. The first-order valence-electron chi connectivity index (χ1n) is 13.6. The van der Waals surface area contributed by atoms with E-state index in [2.05, 4.69) is 10.6 Å². The number of nitrogens with one attached hydrogen (secondary N) is 2. The average Bonchev–Trinajstić information content (AvgIpc) is 2.84. The van der Waals surface area contributed by atoms with E-state index in [9.17, 15) is 37.4 Å². The molecule has 0 saturated carbocycles. The first-order valence-corrected chi connectivity index (χ1v) is 15.5. The summed E-state index contributed by atoms with van der Waals surface area (Å²) in [6.45, 7) is 3.08. The van der Waals surface area contributed by atoms with Crippen molar-refractivity contribution in [1.29, 1.82) is 0 Å². The summed E-state index contributed by atoms with van der Waals surface area (Å²) in [5, 5.41) is 5.03. The van der Waals surface area contributed by atoms with Crippen LogP contribution in [0.2, 0.25) is 0 Å². The Kier molecular flexibility index (Phi) is 8.46. The highest BCUT2D eigenvalue weighted by atomic mass is 32.5. The van der Waals surface area contributed by atoms with Gasteiger partial charge >= 0.3 is 22.4 Å². The van der Waals surface area contributed by atoms with E-state index in [0.717, 1.165) is 19.3 Å². The molecule has 2 fully saturated rings. The van der Waals surface area contributed by atoms with Gasteiger partial charge in [0.25, 0.3) is 0 Å². The zero-order chi connectivity index (χ0) is 30.9. The van der Waals surface area contributed by atoms with Gasteiger partial charge in [0.05, 0.1) is 12.6 Å². The number of hydrogen-bond acceptors (Lipinski definition) is 4. The Bertz CT molecular complexity index is 1260. The monoisotopic (exact) mass is 631 g/mol. The van der Waals surface area contributed by atoms with Gasteiger partial charge in [-0.3, -0.25) is 4.90 Å². The zero-order valence-electron chi connectivity index (χ0n) is 22.7. The minimum Gasteiger partial charge on any atom is -0.473 e. The van der Waals surface area contributed by atoms with Crippen LogP contribution in [0.3, 0.4) is 0 Å². The maximum Gasteiger partial charge on any atom is 0.421 e. The largest absolute Gasteiger partial charge is 0.473 e. The number of ether oxygens (including phenoxy) is 2. The predicted molar refractivity (Wildman–Crippen MR) is 143 cm³/mol. The number of carbonyl (C=O) groups excluding carboxylic acids is 1. The number of hydrogen-bond donors (Lipinski definition) is 2. The minimum absolute atomic E-state index is 0.0410. The number of nitrogens with zero attached hydrogens (tertiary/aromatic N) is 1. The van der Waals surface area contributed by atoms with Crippen LogP contribution in [-0.4, -0.2) is 49.1 Å². The van der Waals surface area contributed by atoms with Crippen LogP contribution in [0.1, 0.15) is 51.0 Å². The van der Waals surface area contributed by atoms with Gasteiger partial charge in [0.1, 0.15) is 10.6 Å². The molecular weight excluding hydrogens is 598 g/mol. The van der Waals surface area contributed by atoms with Crippen LogP contribution < -0.4 is 15.4 Å². The average molecular weight is 632 g/mol. The van der Waals surface area contributed by atoms with Crippen LogP contribution in [0.5, 0.6) is 5.75 Å². The molecule has 6 nitrogen and oxygen atoms in total. The van der Waals surface area contributed by atoms with Gasteiger partial charge in [0.2, 0.25) is 0 Å². The molecule has 2 saturated heterocycles. The highest BCUT2D eigenvalue weighted by Gasteiger charge is 2.65. The van der Waals surface area contributed by atoms with Crippen molar-refractivity contribution in [2.24, 2.45) is 0 Å². The molecule has 2 amide bonds. The van der Waals surface area contributed by atoms with Crippen LogP contribution in [0.25, 0.3) is 0 Å². The summed E-state index contributed by atoms with van der Waals surface area (Å²) in [7, 11) is -9.87. The molecular formula is C27H33F8N3O3S. The van der Waals surface area contributed by atoms with Gasteiger partial charge in [-0.15, -0.1) is 0 Å². The van der Waals surface area contributed by atoms with Crippen molar-refractivity contribution in [3.8, 4) is 5.75 Å². The summed E-state index contributed by atoms with van der Waals surface area (Å²) in [6, 6.07) is 5.96. The van der Waals surface area contributed by atoms with E-state index in [1.54, 1.807) is 0 Å². The SMILES string of the molecule is CCCCCN1CCCC(NC(=O)Nc2ccc(S(F)(F)(F)(F)F)cc2)C1Oc1ccccc1C1(C(F)(F)F)CCO1. The zero-order valence-corrected chi connectivity index (χ0v) is 23.6. The van der Waals surface area contributed by atoms with Crippen LogP contribution in [0.4, 0.5) is 43.1 Å². The number of piperidine rings is 1. The lowest BCUT2D eigenvalue weighted by Gasteiger charge is -2.45.